The Labute approximate surface area is 130 Å². The van der Waals surface area contributed by atoms with Gasteiger partial charge in [-0.05, 0) is 25.0 Å². The molecule has 0 aliphatic carbocycles. The number of halogens is 1. The molecule has 1 aromatic rings. The maximum atomic E-state index is 12.1. The van der Waals surface area contributed by atoms with Gasteiger partial charge in [-0.3, -0.25) is 9.69 Å². The van der Waals surface area contributed by atoms with Crippen LogP contribution in [-0.2, 0) is 9.53 Å². The topological polar surface area (TPSA) is 41.6 Å². The monoisotopic (exact) mass is 308 g/mol. The molecule has 114 valence electrons. The van der Waals surface area contributed by atoms with Crippen LogP contribution in [0.1, 0.15) is 31.4 Å². The molecule has 1 aromatic carbocycles. The maximum absolute atomic E-state index is 12.1. The third kappa shape index (κ3) is 3.23. The number of ether oxygens (including phenoxy) is 1. The van der Waals surface area contributed by atoms with Gasteiger partial charge in [0.25, 0.3) is 0 Å². The Balaban J connectivity index is 1.78. The molecule has 0 bridgehead atoms. The van der Waals surface area contributed by atoms with Crippen molar-refractivity contribution >= 4 is 17.5 Å². The molecule has 2 fully saturated rings. The number of hydrogen-bond donors (Lipinski definition) is 1. The van der Waals surface area contributed by atoms with Gasteiger partial charge in [-0.15, -0.1) is 0 Å². The minimum Gasteiger partial charge on any atom is -0.379 e. The van der Waals surface area contributed by atoms with Crippen LogP contribution in [0.4, 0.5) is 0 Å². The van der Waals surface area contributed by atoms with Gasteiger partial charge < -0.3 is 10.1 Å². The van der Waals surface area contributed by atoms with Crippen molar-refractivity contribution in [3.63, 3.8) is 0 Å². The van der Waals surface area contributed by atoms with E-state index in [2.05, 4.69) is 17.1 Å². The minimum absolute atomic E-state index is 0.00000472. The summed E-state index contributed by atoms with van der Waals surface area (Å²) < 4.78 is 5.50. The van der Waals surface area contributed by atoms with Crippen LogP contribution in [0.2, 0.25) is 5.02 Å². The Morgan fingerprint density at radius 3 is 2.95 bits per heavy atom. The van der Waals surface area contributed by atoms with Crippen LogP contribution in [0.25, 0.3) is 0 Å². The van der Waals surface area contributed by atoms with E-state index in [1.807, 2.05) is 24.3 Å². The van der Waals surface area contributed by atoms with E-state index < -0.39 is 0 Å². The number of morpholine rings is 1. The average Bonchev–Trinajstić information content (AvgIpc) is 2.47. The van der Waals surface area contributed by atoms with E-state index in [0.29, 0.717) is 12.5 Å². The Bertz CT molecular complexity index is 523. The molecule has 3 atom stereocenters. The van der Waals surface area contributed by atoms with E-state index >= 15 is 0 Å². The first-order valence-electron chi connectivity index (χ1n) is 7.52. The summed E-state index contributed by atoms with van der Waals surface area (Å²) in [5, 5.41) is 3.80. The molecule has 5 heteroatoms. The Morgan fingerprint density at radius 2 is 2.19 bits per heavy atom. The lowest BCUT2D eigenvalue weighted by Gasteiger charge is -2.43. The predicted molar refractivity (Wildman–Crippen MR) is 82.3 cm³/mol. The van der Waals surface area contributed by atoms with Crippen LogP contribution >= 0.6 is 11.6 Å². The van der Waals surface area contributed by atoms with Gasteiger partial charge in [0.05, 0.1) is 19.3 Å². The molecule has 0 saturated carbocycles. The maximum Gasteiger partial charge on any atom is 0.222 e. The predicted octanol–water partition coefficient (Wildman–Crippen LogP) is 2.38. The summed E-state index contributed by atoms with van der Waals surface area (Å²) in [5.41, 5.74) is 1.01. The second kappa shape index (κ2) is 6.34. The second-order valence-corrected chi connectivity index (χ2v) is 6.30. The van der Waals surface area contributed by atoms with Crippen molar-refractivity contribution in [3.05, 3.63) is 34.9 Å². The van der Waals surface area contributed by atoms with E-state index in [1.165, 1.54) is 0 Å². The number of rotatable bonds is 2. The van der Waals surface area contributed by atoms with Gasteiger partial charge in [-0.1, -0.05) is 29.8 Å². The summed E-state index contributed by atoms with van der Waals surface area (Å²) in [7, 11) is 0. The number of nitrogens with zero attached hydrogens (tertiary/aromatic N) is 1. The van der Waals surface area contributed by atoms with Crippen LogP contribution in [0.3, 0.4) is 0 Å². The number of piperidine rings is 1. The zero-order valence-electron chi connectivity index (χ0n) is 12.2. The highest BCUT2D eigenvalue weighted by molar-refractivity contribution is 6.31. The molecule has 2 aliphatic rings. The quantitative estimate of drug-likeness (QED) is 0.912. The van der Waals surface area contributed by atoms with Gasteiger partial charge in [0.1, 0.15) is 0 Å². The molecule has 2 saturated heterocycles. The van der Waals surface area contributed by atoms with E-state index in [4.69, 9.17) is 16.3 Å². The Kier molecular flexibility index (Phi) is 4.48. The number of carbonyl (C=O) groups excluding carboxylic acids is 1. The van der Waals surface area contributed by atoms with Gasteiger partial charge in [0, 0.05) is 30.1 Å². The average molecular weight is 309 g/mol. The van der Waals surface area contributed by atoms with Gasteiger partial charge in [-0.25, -0.2) is 0 Å². The molecule has 3 rings (SSSR count). The fourth-order valence-corrected chi connectivity index (χ4v) is 3.65. The van der Waals surface area contributed by atoms with Gasteiger partial charge in [0.2, 0.25) is 5.91 Å². The first-order chi connectivity index (χ1) is 10.1. The van der Waals surface area contributed by atoms with Crippen molar-refractivity contribution in [1.82, 2.24) is 10.2 Å². The molecule has 0 spiro atoms. The number of hydrogen-bond acceptors (Lipinski definition) is 3. The van der Waals surface area contributed by atoms with Crippen molar-refractivity contribution in [2.45, 2.75) is 37.9 Å². The second-order valence-electron chi connectivity index (χ2n) is 5.90. The lowest BCUT2D eigenvalue weighted by molar-refractivity contribution is -0.127. The molecule has 3 unspecified atom stereocenters. The molecule has 0 radical (unpaired) electrons. The summed E-state index contributed by atoms with van der Waals surface area (Å²) >= 11 is 6.28. The van der Waals surface area contributed by atoms with E-state index in [1.54, 1.807) is 0 Å². The van der Waals surface area contributed by atoms with Crippen LogP contribution in [0.5, 0.6) is 0 Å². The summed E-state index contributed by atoms with van der Waals surface area (Å²) in [4.78, 5) is 14.5. The van der Waals surface area contributed by atoms with Crippen LogP contribution in [0, 0.1) is 0 Å². The van der Waals surface area contributed by atoms with Gasteiger partial charge in [0.15, 0.2) is 0 Å². The number of amides is 1. The van der Waals surface area contributed by atoms with Crippen molar-refractivity contribution in [2.75, 3.05) is 19.8 Å². The van der Waals surface area contributed by atoms with Crippen molar-refractivity contribution < 1.29 is 9.53 Å². The summed E-state index contributed by atoms with van der Waals surface area (Å²) in [6, 6.07) is 8.38. The molecule has 0 aromatic heterocycles. The van der Waals surface area contributed by atoms with Crippen molar-refractivity contribution in [2.24, 2.45) is 0 Å². The zero-order valence-corrected chi connectivity index (χ0v) is 13.0. The van der Waals surface area contributed by atoms with E-state index in [-0.39, 0.29) is 18.0 Å². The van der Waals surface area contributed by atoms with Gasteiger partial charge in [-0.2, -0.15) is 0 Å². The lowest BCUT2D eigenvalue weighted by Crippen LogP contribution is -2.54. The first-order valence-corrected chi connectivity index (χ1v) is 7.90. The summed E-state index contributed by atoms with van der Waals surface area (Å²) in [6.45, 7) is 4.55. The van der Waals surface area contributed by atoms with E-state index in [9.17, 15) is 4.79 Å². The lowest BCUT2D eigenvalue weighted by atomic mass is 9.91. The SMILES string of the molecule is CC1COCCN1C1CC(=O)NC(c2ccccc2Cl)C1. The number of benzene rings is 1. The van der Waals surface area contributed by atoms with Gasteiger partial charge >= 0.3 is 0 Å². The fraction of sp³-hybridized carbons (Fsp3) is 0.562. The first kappa shape index (κ1) is 14.8. The molecule has 1 N–H and O–H groups in total. The molecule has 4 nitrogen and oxygen atoms in total. The number of carbonyl (C=O) groups is 1. The third-order valence-corrected chi connectivity index (χ3v) is 4.78. The molecule has 21 heavy (non-hydrogen) atoms. The smallest absolute Gasteiger partial charge is 0.222 e. The molecule has 2 aliphatic heterocycles. The normalized spacial score (nSPS) is 31.0. The molecule has 1 amide bonds. The number of nitrogens with one attached hydrogen (secondary N) is 1. The highest BCUT2D eigenvalue weighted by atomic mass is 35.5. The molecule has 2 heterocycles. The molecular formula is C16H21ClN2O2. The summed E-state index contributed by atoms with van der Waals surface area (Å²) in [5.74, 6) is 0.106. The van der Waals surface area contributed by atoms with Crippen molar-refractivity contribution in [1.29, 1.82) is 0 Å². The Morgan fingerprint density at radius 1 is 1.38 bits per heavy atom. The fourth-order valence-electron chi connectivity index (χ4n) is 3.38. The van der Waals surface area contributed by atoms with Crippen molar-refractivity contribution in [3.8, 4) is 0 Å². The highest BCUT2D eigenvalue weighted by Crippen LogP contribution is 2.32. The van der Waals surface area contributed by atoms with Crippen LogP contribution < -0.4 is 5.32 Å². The Hall–Kier alpha value is -1.10. The third-order valence-electron chi connectivity index (χ3n) is 4.43. The highest BCUT2D eigenvalue weighted by Gasteiger charge is 2.35. The minimum atomic E-state index is -0.00000472. The van der Waals surface area contributed by atoms with Crippen LogP contribution in [0.15, 0.2) is 24.3 Å². The molecular weight excluding hydrogens is 288 g/mol. The largest absolute Gasteiger partial charge is 0.379 e. The zero-order chi connectivity index (χ0) is 14.8. The summed E-state index contributed by atoms with van der Waals surface area (Å²) in [6.07, 6.45) is 1.46. The standard InChI is InChI=1S/C16H21ClN2O2/c1-11-10-21-7-6-19(11)12-8-15(18-16(20)9-12)13-4-2-3-5-14(13)17/h2-5,11-12,15H,6-10H2,1H3,(H,18,20). The van der Waals surface area contributed by atoms with E-state index in [0.717, 1.165) is 36.8 Å². The van der Waals surface area contributed by atoms with Crippen LogP contribution in [-0.4, -0.2) is 42.6 Å².